The molecule has 6 nitrogen and oxygen atoms in total. The molecule has 2 rings (SSSR count). The Labute approximate surface area is 163 Å². The lowest BCUT2D eigenvalue weighted by Gasteiger charge is -2.10. The molecule has 0 aliphatic heterocycles. The van der Waals surface area contributed by atoms with E-state index in [-0.39, 0.29) is 12.5 Å². The molecule has 7 heteroatoms. The Kier molecular flexibility index (Phi) is 7.53. The van der Waals surface area contributed by atoms with E-state index in [4.69, 9.17) is 32.2 Å². The van der Waals surface area contributed by atoms with Crippen LogP contribution in [0.5, 0.6) is 17.2 Å². The van der Waals surface area contributed by atoms with Gasteiger partial charge in [-0.1, -0.05) is 17.5 Å². The van der Waals surface area contributed by atoms with Crippen LogP contribution in [0.25, 0.3) is 0 Å². The predicted octanol–water partition coefficient (Wildman–Crippen LogP) is 3.52. The highest BCUT2D eigenvalue weighted by Gasteiger charge is 2.10. The number of hydrogen-bond donors (Lipinski definition) is 1. The minimum Gasteiger partial charge on any atom is -0.493 e. The average molecular weight is 387 g/mol. The third-order valence-electron chi connectivity index (χ3n) is 3.37. The zero-order chi connectivity index (χ0) is 19.6. The van der Waals surface area contributed by atoms with Gasteiger partial charge in [-0.25, -0.2) is 5.43 Å². The Morgan fingerprint density at radius 3 is 2.67 bits per heavy atom. The number of terminal acetylenes is 1. The van der Waals surface area contributed by atoms with Gasteiger partial charge < -0.3 is 14.2 Å². The van der Waals surface area contributed by atoms with Crippen molar-refractivity contribution in [2.24, 2.45) is 5.10 Å². The Morgan fingerprint density at radius 2 is 2.00 bits per heavy atom. The number of rotatable bonds is 8. The molecule has 1 amide bonds. The van der Waals surface area contributed by atoms with Crippen LogP contribution in [0.15, 0.2) is 41.5 Å². The molecule has 0 radical (unpaired) electrons. The topological polar surface area (TPSA) is 69.2 Å². The minimum atomic E-state index is -0.380. The number of nitrogens with zero attached hydrogens (tertiary/aromatic N) is 1. The maximum absolute atomic E-state index is 12.2. The van der Waals surface area contributed by atoms with Crippen LogP contribution >= 0.6 is 11.6 Å². The van der Waals surface area contributed by atoms with Crippen LogP contribution in [-0.2, 0) is 0 Å². The van der Waals surface area contributed by atoms with Crippen LogP contribution < -0.4 is 19.6 Å². The fourth-order valence-corrected chi connectivity index (χ4v) is 2.39. The second kappa shape index (κ2) is 10.1. The summed E-state index contributed by atoms with van der Waals surface area (Å²) in [6.45, 7) is 2.45. The first-order valence-corrected chi connectivity index (χ1v) is 8.46. The van der Waals surface area contributed by atoms with E-state index in [0.29, 0.717) is 40.0 Å². The number of carbonyl (C=O) groups is 1. The number of nitrogens with one attached hydrogen (secondary N) is 1. The van der Waals surface area contributed by atoms with Gasteiger partial charge in [0.25, 0.3) is 5.91 Å². The van der Waals surface area contributed by atoms with Gasteiger partial charge >= 0.3 is 0 Å². The molecule has 0 spiro atoms. The Bertz CT molecular complexity index is 875. The first-order valence-electron chi connectivity index (χ1n) is 8.09. The number of halogens is 1. The molecular weight excluding hydrogens is 368 g/mol. The Hall–Kier alpha value is -3.17. The summed E-state index contributed by atoms with van der Waals surface area (Å²) in [5.41, 5.74) is 3.54. The van der Waals surface area contributed by atoms with Crippen LogP contribution in [-0.4, -0.2) is 32.4 Å². The van der Waals surface area contributed by atoms with Crippen LogP contribution in [0.1, 0.15) is 22.8 Å². The smallest absolute Gasteiger partial charge is 0.271 e. The molecule has 0 aliphatic rings. The normalized spacial score (nSPS) is 10.3. The number of methoxy groups -OCH3 is 1. The van der Waals surface area contributed by atoms with Crippen molar-refractivity contribution in [3.8, 4) is 29.6 Å². The molecule has 0 atom stereocenters. The van der Waals surface area contributed by atoms with Crippen LogP contribution in [0.4, 0.5) is 0 Å². The Balaban J connectivity index is 2.03. The number of carbonyl (C=O) groups excluding carboxylic acids is 1. The van der Waals surface area contributed by atoms with E-state index in [9.17, 15) is 4.79 Å². The molecular formula is C20H19ClN2O4. The number of benzene rings is 2. The predicted molar refractivity (Wildman–Crippen MR) is 105 cm³/mol. The monoisotopic (exact) mass is 386 g/mol. The molecule has 0 saturated carbocycles. The van der Waals surface area contributed by atoms with E-state index < -0.39 is 0 Å². The van der Waals surface area contributed by atoms with Crippen molar-refractivity contribution < 1.29 is 19.0 Å². The molecule has 140 valence electrons. The summed E-state index contributed by atoms with van der Waals surface area (Å²) in [5, 5.41) is 4.34. The summed E-state index contributed by atoms with van der Waals surface area (Å²) < 4.78 is 15.9. The lowest BCUT2D eigenvalue weighted by atomic mass is 10.2. The minimum absolute atomic E-state index is 0.134. The SMILES string of the molecule is C#CCOc1ccc(/C=N/NC(=O)c2ccc(OC)c(OCC)c2)cc1Cl. The van der Waals surface area contributed by atoms with Crippen molar-refractivity contribution in [1.82, 2.24) is 5.43 Å². The maximum Gasteiger partial charge on any atom is 0.271 e. The second-order valence-corrected chi connectivity index (χ2v) is 5.59. The lowest BCUT2D eigenvalue weighted by molar-refractivity contribution is 0.0954. The summed E-state index contributed by atoms with van der Waals surface area (Å²) in [5.74, 6) is 3.52. The van der Waals surface area contributed by atoms with Gasteiger partial charge in [-0.15, -0.1) is 6.42 Å². The fourth-order valence-electron chi connectivity index (χ4n) is 2.15. The van der Waals surface area contributed by atoms with E-state index in [1.165, 1.54) is 13.3 Å². The van der Waals surface area contributed by atoms with E-state index in [2.05, 4.69) is 16.4 Å². The maximum atomic E-state index is 12.2. The third-order valence-corrected chi connectivity index (χ3v) is 3.67. The summed E-state index contributed by atoms with van der Waals surface area (Å²) >= 11 is 6.11. The quantitative estimate of drug-likeness (QED) is 0.428. The molecule has 27 heavy (non-hydrogen) atoms. The highest BCUT2D eigenvalue weighted by molar-refractivity contribution is 6.32. The number of ether oxygens (including phenoxy) is 3. The van der Waals surface area contributed by atoms with E-state index in [1.54, 1.807) is 36.4 Å². The fraction of sp³-hybridized carbons (Fsp3) is 0.200. The van der Waals surface area contributed by atoms with Gasteiger partial charge in [0.15, 0.2) is 11.5 Å². The molecule has 0 aromatic heterocycles. The van der Waals surface area contributed by atoms with Crippen LogP contribution in [0, 0.1) is 12.3 Å². The van der Waals surface area contributed by atoms with Crippen molar-refractivity contribution >= 4 is 23.7 Å². The molecule has 0 heterocycles. The first kappa shape index (κ1) is 20.1. The number of amides is 1. The van der Waals surface area contributed by atoms with E-state index in [1.807, 2.05) is 6.92 Å². The van der Waals surface area contributed by atoms with Crippen molar-refractivity contribution in [2.75, 3.05) is 20.3 Å². The summed E-state index contributed by atoms with van der Waals surface area (Å²) in [6, 6.07) is 9.97. The van der Waals surface area contributed by atoms with Crippen molar-refractivity contribution in [3.63, 3.8) is 0 Å². The molecule has 0 unspecified atom stereocenters. The van der Waals surface area contributed by atoms with Gasteiger partial charge in [-0.3, -0.25) is 4.79 Å². The standard InChI is InChI=1S/C20H19ClN2O4/c1-4-10-27-17-8-6-14(11-16(17)21)13-22-23-20(24)15-7-9-18(25-3)19(12-15)26-5-2/h1,6-9,11-13H,5,10H2,2-3H3,(H,23,24)/b22-13+. The molecule has 2 aromatic carbocycles. The van der Waals surface area contributed by atoms with Crippen molar-refractivity contribution in [1.29, 1.82) is 0 Å². The van der Waals surface area contributed by atoms with Gasteiger partial charge in [-0.2, -0.15) is 5.10 Å². The number of hydrazone groups is 1. The Morgan fingerprint density at radius 1 is 1.22 bits per heavy atom. The lowest BCUT2D eigenvalue weighted by Crippen LogP contribution is -2.17. The van der Waals surface area contributed by atoms with Gasteiger partial charge in [0, 0.05) is 5.56 Å². The van der Waals surface area contributed by atoms with Crippen molar-refractivity contribution in [2.45, 2.75) is 6.92 Å². The molecule has 0 bridgehead atoms. The highest BCUT2D eigenvalue weighted by atomic mass is 35.5. The largest absolute Gasteiger partial charge is 0.493 e. The molecule has 2 aromatic rings. The zero-order valence-electron chi connectivity index (χ0n) is 15.0. The summed E-state index contributed by atoms with van der Waals surface area (Å²) in [4.78, 5) is 12.2. The van der Waals surface area contributed by atoms with Gasteiger partial charge in [-0.05, 0) is 48.9 Å². The molecule has 0 saturated heterocycles. The summed E-state index contributed by atoms with van der Waals surface area (Å²) in [6.07, 6.45) is 6.62. The van der Waals surface area contributed by atoms with E-state index in [0.717, 1.165) is 0 Å². The highest BCUT2D eigenvalue weighted by Crippen LogP contribution is 2.28. The van der Waals surface area contributed by atoms with Gasteiger partial charge in [0.2, 0.25) is 0 Å². The van der Waals surface area contributed by atoms with Gasteiger partial charge in [0.1, 0.15) is 12.4 Å². The third kappa shape index (κ3) is 5.66. The molecule has 0 fully saturated rings. The second-order valence-electron chi connectivity index (χ2n) is 5.18. The molecule has 1 N–H and O–H groups in total. The van der Waals surface area contributed by atoms with Gasteiger partial charge in [0.05, 0.1) is 25.0 Å². The molecule has 0 aliphatic carbocycles. The van der Waals surface area contributed by atoms with Crippen molar-refractivity contribution in [3.05, 3.63) is 52.5 Å². The van der Waals surface area contributed by atoms with Crippen LogP contribution in [0.2, 0.25) is 5.02 Å². The van der Waals surface area contributed by atoms with Crippen LogP contribution in [0.3, 0.4) is 0 Å². The van der Waals surface area contributed by atoms with E-state index >= 15 is 0 Å². The average Bonchev–Trinajstić information content (AvgIpc) is 2.67. The number of hydrogen-bond acceptors (Lipinski definition) is 5. The summed E-state index contributed by atoms with van der Waals surface area (Å²) in [7, 11) is 1.54. The first-order chi connectivity index (χ1) is 13.1. The zero-order valence-corrected chi connectivity index (χ0v) is 15.7.